The molecule has 0 saturated heterocycles. The molecule has 0 aliphatic heterocycles. The number of aromatic nitrogens is 2. The van der Waals surface area contributed by atoms with Gasteiger partial charge in [0.1, 0.15) is 17.4 Å². The van der Waals surface area contributed by atoms with Crippen LogP contribution in [0.3, 0.4) is 0 Å². The van der Waals surface area contributed by atoms with Crippen LogP contribution in [-0.4, -0.2) is 16.1 Å². The van der Waals surface area contributed by atoms with Gasteiger partial charge in [-0.3, -0.25) is 10.1 Å². The average Bonchev–Trinajstić information content (AvgIpc) is 3.14. The highest BCUT2D eigenvalue weighted by molar-refractivity contribution is 7.15. The number of hydrogen-bond acceptors (Lipinski definition) is 5. The SMILES string of the molecule is CCc1nnc(NC(=O)c2ccc(COc3ccc(C(C)(C)C)cc3)cc2)s1. The van der Waals surface area contributed by atoms with Crippen LogP contribution in [-0.2, 0) is 18.4 Å². The Kier molecular flexibility index (Phi) is 6.09. The highest BCUT2D eigenvalue weighted by Gasteiger charge is 2.13. The number of ether oxygens (including phenoxy) is 1. The molecule has 1 amide bonds. The second-order valence-electron chi connectivity index (χ2n) is 7.57. The Labute approximate surface area is 169 Å². The van der Waals surface area contributed by atoms with Gasteiger partial charge in [0.2, 0.25) is 5.13 Å². The van der Waals surface area contributed by atoms with E-state index in [2.05, 4.69) is 48.4 Å². The van der Waals surface area contributed by atoms with E-state index in [9.17, 15) is 4.79 Å². The third-order valence-electron chi connectivity index (χ3n) is 4.33. The number of anilines is 1. The minimum absolute atomic E-state index is 0.127. The molecule has 0 aliphatic rings. The lowest BCUT2D eigenvalue weighted by Crippen LogP contribution is -2.11. The van der Waals surface area contributed by atoms with Gasteiger partial charge in [-0.2, -0.15) is 0 Å². The van der Waals surface area contributed by atoms with Crippen molar-refractivity contribution in [3.63, 3.8) is 0 Å². The maximum atomic E-state index is 12.3. The molecule has 6 heteroatoms. The Balaban J connectivity index is 1.56. The molecule has 0 radical (unpaired) electrons. The molecular formula is C22H25N3O2S. The van der Waals surface area contributed by atoms with Gasteiger partial charge < -0.3 is 4.74 Å². The molecule has 0 fully saturated rings. The summed E-state index contributed by atoms with van der Waals surface area (Å²) in [5.41, 5.74) is 2.98. The number of nitrogens with zero attached hydrogens (tertiary/aromatic N) is 2. The fourth-order valence-electron chi connectivity index (χ4n) is 2.59. The van der Waals surface area contributed by atoms with E-state index in [1.807, 2.05) is 31.2 Å². The lowest BCUT2D eigenvalue weighted by atomic mass is 9.87. The number of rotatable bonds is 6. The molecule has 0 bridgehead atoms. The van der Waals surface area contributed by atoms with Gasteiger partial charge in [-0.1, -0.05) is 63.3 Å². The second kappa shape index (κ2) is 8.52. The summed E-state index contributed by atoms with van der Waals surface area (Å²) < 4.78 is 5.85. The van der Waals surface area contributed by atoms with Crippen molar-refractivity contribution in [1.29, 1.82) is 0 Å². The zero-order valence-electron chi connectivity index (χ0n) is 16.7. The van der Waals surface area contributed by atoms with Crippen LogP contribution in [0.1, 0.15) is 54.2 Å². The maximum absolute atomic E-state index is 12.3. The van der Waals surface area contributed by atoms with Crippen molar-refractivity contribution in [3.8, 4) is 5.75 Å². The van der Waals surface area contributed by atoms with Crippen molar-refractivity contribution in [1.82, 2.24) is 10.2 Å². The maximum Gasteiger partial charge on any atom is 0.257 e. The van der Waals surface area contributed by atoms with E-state index in [0.29, 0.717) is 17.3 Å². The summed E-state index contributed by atoms with van der Waals surface area (Å²) in [6.07, 6.45) is 0.807. The minimum atomic E-state index is -0.191. The van der Waals surface area contributed by atoms with E-state index in [1.54, 1.807) is 12.1 Å². The van der Waals surface area contributed by atoms with Gasteiger partial charge >= 0.3 is 0 Å². The monoisotopic (exact) mass is 395 g/mol. The van der Waals surface area contributed by atoms with Crippen molar-refractivity contribution in [2.24, 2.45) is 0 Å². The minimum Gasteiger partial charge on any atom is -0.489 e. The molecule has 1 aromatic heterocycles. The van der Waals surface area contributed by atoms with E-state index in [1.165, 1.54) is 16.9 Å². The molecule has 0 saturated carbocycles. The predicted molar refractivity (Wildman–Crippen MR) is 113 cm³/mol. The van der Waals surface area contributed by atoms with Crippen LogP contribution in [0.15, 0.2) is 48.5 Å². The summed E-state index contributed by atoms with van der Waals surface area (Å²) in [4.78, 5) is 12.3. The molecule has 0 unspecified atom stereocenters. The Morgan fingerprint density at radius 3 is 2.29 bits per heavy atom. The standard InChI is InChI=1S/C22H25N3O2S/c1-5-19-24-25-21(28-19)23-20(26)16-8-6-15(7-9-16)14-27-18-12-10-17(11-13-18)22(2,3)4/h6-13H,5,14H2,1-4H3,(H,23,25,26). The topological polar surface area (TPSA) is 64.1 Å². The zero-order chi connectivity index (χ0) is 20.1. The molecule has 1 heterocycles. The predicted octanol–water partition coefficient (Wildman–Crippen LogP) is 5.23. The summed E-state index contributed by atoms with van der Waals surface area (Å²) in [6.45, 7) is 9.02. The highest BCUT2D eigenvalue weighted by Crippen LogP contribution is 2.24. The molecule has 3 aromatic rings. The van der Waals surface area contributed by atoms with E-state index in [0.717, 1.165) is 22.7 Å². The van der Waals surface area contributed by atoms with Gasteiger partial charge in [-0.25, -0.2) is 0 Å². The van der Waals surface area contributed by atoms with Crippen molar-refractivity contribution in [2.45, 2.75) is 46.1 Å². The van der Waals surface area contributed by atoms with Crippen LogP contribution in [0.5, 0.6) is 5.75 Å². The molecule has 0 atom stereocenters. The number of hydrogen-bond donors (Lipinski definition) is 1. The summed E-state index contributed by atoms with van der Waals surface area (Å²) >= 11 is 1.39. The molecule has 2 aromatic carbocycles. The third kappa shape index (κ3) is 5.16. The third-order valence-corrected chi connectivity index (χ3v) is 5.31. The Bertz CT molecular complexity index is 926. The number of carbonyl (C=O) groups excluding carboxylic acids is 1. The largest absolute Gasteiger partial charge is 0.489 e. The number of benzene rings is 2. The molecule has 0 spiro atoms. The van der Waals surface area contributed by atoms with Crippen molar-refractivity contribution < 1.29 is 9.53 Å². The lowest BCUT2D eigenvalue weighted by molar-refractivity contribution is 0.102. The lowest BCUT2D eigenvalue weighted by Gasteiger charge is -2.19. The number of nitrogens with one attached hydrogen (secondary N) is 1. The molecular weight excluding hydrogens is 370 g/mol. The Hall–Kier alpha value is -2.73. The van der Waals surface area contributed by atoms with E-state index in [4.69, 9.17) is 4.74 Å². The summed E-state index contributed by atoms with van der Waals surface area (Å²) in [5, 5.41) is 12.2. The van der Waals surface area contributed by atoms with Gasteiger partial charge in [-0.15, -0.1) is 10.2 Å². The van der Waals surface area contributed by atoms with Crippen LogP contribution in [0, 0.1) is 0 Å². The first-order valence-electron chi connectivity index (χ1n) is 9.31. The van der Waals surface area contributed by atoms with Crippen LogP contribution in [0.2, 0.25) is 0 Å². The Morgan fingerprint density at radius 1 is 1.04 bits per heavy atom. The van der Waals surface area contributed by atoms with Gasteiger partial charge in [-0.05, 0) is 47.2 Å². The first-order chi connectivity index (χ1) is 13.3. The summed E-state index contributed by atoms with van der Waals surface area (Å²) in [7, 11) is 0. The van der Waals surface area contributed by atoms with Crippen LogP contribution >= 0.6 is 11.3 Å². The van der Waals surface area contributed by atoms with E-state index >= 15 is 0 Å². The Morgan fingerprint density at radius 2 is 1.71 bits per heavy atom. The number of carbonyl (C=O) groups is 1. The van der Waals surface area contributed by atoms with E-state index in [-0.39, 0.29) is 11.3 Å². The van der Waals surface area contributed by atoms with Crippen LogP contribution in [0.4, 0.5) is 5.13 Å². The molecule has 0 aliphatic carbocycles. The average molecular weight is 396 g/mol. The van der Waals surface area contributed by atoms with Crippen LogP contribution in [0.25, 0.3) is 0 Å². The van der Waals surface area contributed by atoms with E-state index < -0.39 is 0 Å². The van der Waals surface area contributed by atoms with Crippen LogP contribution < -0.4 is 10.1 Å². The molecule has 1 N–H and O–H groups in total. The zero-order valence-corrected chi connectivity index (χ0v) is 17.5. The smallest absolute Gasteiger partial charge is 0.257 e. The van der Waals surface area contributed by atoms with Gasteiger partial charge in [0.25, 0.3) is 5.91 Å². The summed E-state index contributed by atoms with van der Waals surface area (Å²) in [5.74, 6) is 0.641. The normalized spacial score (nSPS) is 11.3. The van der Waals surface area contributed by atoms with Gasteiger partial charge in [0.05, 0.1) is 0 Å². The van der Waals surface area contributed by atoms with Crippen molar-refractivity contribution in [3.05, 3.63) is 70.2 Å². The second-order valence-corrected chi connectivity index (χ2v) is 8.63. The van der Waals surface area contributed by atoms with Gasteiger partial charge in [0.15, 0.2) is 0 Å². The molecule has 146 valence electrons. The van der Waals surface area contributed by atoms with Crippen molar-refractivity contribution >= 4 is 22.4 Å². The summed E-state index contributed by atoms with van der Waals surface area (Å²) in [6, 6.07) is 15.6. The van der Waals surface area contributed by atoms with Gasteiger partial charge in [0, 0.05) is 5.56 Å². The number of aryl methyl sites for hydroxylation is 1. The fraction of sp³-hybridized carbons (Fsp3) is 0.318. The molecule has 5 nitrogen and oxygen atoms in total. The highest BCUT2D eigenvalue weighted by atomic mass is 32.1. The first kappa shape index (κ1) is 20.0. The first-order valence-corrected chi connectivity index (χ1v) is 10.1. The molecule has 28 heavy (non-hydrogen) atoms. The quantitative estimate of drug-likeness (QED) is 0.621. The fourth-order valence-corrected chi connectivity index (χ4v) is 3.26. The molecule has 3 rings (SSSR count). The van der Waals surface area contributed by atoms with Crippen molar-refractivity contribution in [2.75, 3.05) is 5.32 Å². The number of amides is 1.